The van der Waals surface area contributed by atoms with Gasteiger partial charge in [-0.2, -0.15) is 5.10 Å². The molecule has 2 aromatic rings. The van der Waals surface area contributed by atoms with E-state index >= 15 is 0 Å². The van der Waals surface area contributed by atoms with Gasteiger partial charge in [0, 0.05) is 49.9 Å². The summed E-state index contributed by atoms with van der Waals surface area (Å²) in [5, 5.41) is 10.8. The summed E-state index contributed by atoms with van der Waals surface area (Å²) in [5.74, 6) is -0.0947. The van der Waals surface area contributed by atoms with Gasteiger partial charge >= 0.3 is 0 Å². The quantitative estimate of drug-likeness (QED) is 0.713. The van der Waals surface area contributed by atoms with E-state index in [0.29, 0.717) is 18.9 Å². The summed E-state index contributed by atoms with van der Waals surface area (Å²) >= 11 is 0. The summed E-state index contributed by atoms with van der Waals surface area (Å²) in [6.45, 7) is 8.14. The van der Waals surface area contributed by atoms with Gasteiger partial charge in [0.05, 0.1) is 18.9 Å². The topological polar surface area (TPSA) is 73.5 Å². The highest BCUT2D eigenvalue weighted by molar-refractivity contribution is 5.94. The fourth-order valence-electron chi connectivity index (χ4n) is 4.87. The molecule has 3 heterocycles. The number of hydrogen-bond donors (Lipinski definition) is 2. The lowest BCUT2D eigenvalue weighted by atomic mass is 9.80. The molecule has 1 aromatic carbocycles. The van der Waals surface area contributed by atoms with Crippen molar-refractivity contribution in [3.05, 3.63) is 46.8 Å². The van der Waals surface area contributed by atoms with Gasteiger partial charge in [0.1, 0.15) is 0 Å². The van der Waals surface area contributed by atoms with Crippen molar-refractivity contribution in [2.24, 2.45) is 0 Å². The van der Waals surface area contributed by atoms with Crippen molar-refractivity contribution in [2.75, 3.05) is 38.7 Å². The molecule has 0 bridgehead atoms. The van der Waals surface area contributed by atoms with E-state index < -0.39 is 0 Å². The zero-order chi connectivity index (χ0) is 22.0. The van der Waals surface area contributed by atoms with Crippen LogP contribution in [0.3, 0.4) is 0 Å². The fraction of sp³-hybridized carbons (Fsp3) is 0.583. The molecule has 4 rings (SSSR count). The van der Waals surface area contributed by atoms with E-state index in [0.717, 1.165) is 50.2 Å². The van der Waals surface area contributed by atoms with Gasteiger partial charge in [-0.05, 0) is 43.5 Å². The summed E-state index contributed by atoms with van der Waals surface area (Å²) in [6.07, 6.45) is 2.84. The Kier molecular flexibility index (Phi) is 6.34. The van der Waals surface area contributed by atoms with E-state index in [4.69, 9.17) is 4.74 Å². The van der Waals surface area contributed by atoms with Gasteiger partial charge in [0.15, 0.2) is 5.69 Å². The Labute approximate surface area is 185 Å². The van der Waals surface area contributed by atoms with E-state index in [9.17, 15) is 4.79 Å². The second kappa shape index (κ2) is 9.01. The number of rotatable bonds is 7. The minimum absolute atomic E-state index is 0.0947. The SMILES string of the molecule is CCC(CC)NC(=O)c1n[nH]c2c1COCC21CCN(Cc2ccc(N(C)C)cc2)C1. The molecular weight excluding hydrogens is 390 g/mol. The van der Waals surface area contributed by atoms with Crippen LogP contribution in [0.5, 0.6) is 0 Å². The van der Waals surface area contributed by atoms with Crippen LogP contribution in [-0.2, 0) is 23.3 Å². The Hall–Kier alpha value is -2.38. The lowest BCUT2D eigenvalue weighted by molar-refractivity contribution is 0.0509. The second-order valence-corrected chi connectivity index (χ2v) is 9.21. The molecule has 1 unspecified atom stereocenters. The molecule has 1 saturated heterocycles. The first kappa shape index (κ1) is 21.8. The van der Waals surface area contributed by atoms with E-state index in [1.807, 2.05) is 0 Å². The molecule has 1 aromatic heterocycles. The average Bonchev–Trinajstić information content (AvgIpc) is 3.38. The number of likely N-dealkylation sites (tertiary alicyclic amines) is 1. The van der Waals surface area contributed by atoms with E-state index in [1.165, 1.54) is 11.3 Å². The normalized spacial score (nSPS) is 20.9. The van der Waals surface area contributed by atoms with Crippen molar-refractivity contribution in [3.63, 3.8) is 0 Å². The molecule has 1 amide bonds. The van der Waals surface area contributed by atoms with Crippen LogP contribution in [0, 0.1) is 0 Å². The molecule has 1 spiro atoms. The number of carbonyl (C=O) groups excluding carboxylic acids is 1. The standard InChI is InChI=1S/C24H35N5O2/c1-5-18(6-2)25-23(30)21-20-14-31-16-24(22(20)27-26-21)11-12-29(15-24)13-17-7-9-19(10-8-17)28(3)4/h7-10,18H,5-6,11-16H2,1-4H3,(H,25,30)(H,26,27). The Morgan fingerprint density at radius 1 is 1.29 bits per heavy atom. The number of ether oxygens (including phenoxy) is 1. The first-order valence-electron chi connectivity index (χ1n) is 11.4. The van der Waals surface area contributed by atoms with Crippen LogP contribution in [0.2, 0.25) is 0 Å². The molecular formula is C24H35N5O2. The number of amides is 1. The number of H-pyrrole nitrogens is 1. The number of aromatic nitrogens is 2. The number of fused-ring (bicyclic) bond motifs is 2. The van der Waals surface area contributed by atoms with Gasteiger partial charge in [-0.1, -0.05) is 26.0 Å². The minimum atomic E-state index is -0.113. The van der Waals surface area contributed by atoms with Crippen molar-refractivity contribution in [1.29, 1.82) is 0 Å². The molecule has 2 aliphatic rings. The van der Waals surface area contributed by atoms with Gasteiger partial charge < -0.3 is 15.0 Å². The number of benzene rings is 1. The summed E-state index contributed by atoms with van der Waals surface area (Å²) in [7, 11) is 4.12. The zero-order valence-corrected chi connectivity index (χ0v) is 19.2. The molecule has 168 valence electrons. The van der Waals surface area contributed by atoms with Crippen molar-refractivity contribution < 1.29 is 9.53 Å². The smallest absolute Gasteiger partial charge is 0.272 e. The summed E-state index contributed by atoms with van der Waals surface area (Å²) in [4.78, 5) is 17.4. The van der Waals surface area contributed by atoms with Crippen LogP contribution < -0.4 is 10.2 Å². The Bertz CT molecular complexity index is 903. The zero-order valence-electron chi connectivity index (χ0n) is 19.2. The number of anilines is 1. The molecule has 0 saturated carbocycles. The first-order valence-corrected chi connectivity index (χ1v) is 11.4. The van der Waals surface area contributed by atoms with Crippen molar-refractivity contribution >= 4 is 11.6 Å². The maximum atomic E-state index is 12.8. The lowest BCUT2D eigenvalue weighted by Crippen LogP contribution is -2.40. The minimum Gasteiger partial charge on any atom is -0.378 e. The Morgan fingerprint density at radius 3 is 2.71 bits per heavy atom. The molecule has 0 aliphatic carbocycles. The Morgan fingerprint density at radius 2 is 2.03 bits per heavy atom. The third kappa shape index (κ3) is 4.34. The number of carbonyl (C=O) groups is 1. The predicted molar refractivity (Wildman–Crippen MR) is 122 cm³/mol. The largest absolute Gasteiger partial charge is 0.378 e. The molecule has 0 radical (unpaired) electrons. The van der Waals surface area contributed by atoms with Gasteiger partial charge in [0.2, 0.25) is 0 Å². The lowest BCUT2D eigenvalue weighted by Gasteiger charge is -2.33. The van der Waals surface area contributed by atoms with Crippen LogP contribution in [-0.4, -0.2) is 60.8 Å². The maximum Gasteiger partial charge on any atom is 0.272 e. The van der Waals surface area contributed by atoms with Crippen LogP contribution in [0.4, 0.5) is 5.69 Å². The van der Waals surface area contributed by atoms with E-state index in [2.05, 4.69) is 77.5 Å². The van der Waals surface area contributed by atoms with Crippen LogP contribution in [0.15, 0.2) is 24.3 Å². The number of aromatic amines is 1. The van der Waals surface area contributed by atoms with Crippen LogP contribution >= 0.6 is 0 Å². The Balaban J connectivity index is 1.48. The summed E-state index contributed by atoms with van der Waals surface area (Å²) in [5.41, 5.74) is 4.94. The maximum absolute atomic E-state index is 12.8. The molecule has 31 heavy (non-hydrogen) atoms. The number of nitrogens with zero attached hydrogens (tertiary/aromatic N) is 3. The van der Waals surface area contributed by atoms with Gasteiger partial charge in [-0.3, -0.25) is 14.8 Å². The molecule has 1 atom stereocenters. The fourth-order valence-corrected chi connectivity index (χ4v) is 4.87. The second-order valence-electron chi connectivity index (χ2n) is 9.21. The van der Waals surface area contributed by atoms with Gasteiger partial charge in [0.25, 0.3) is 5.91 Å². The molecule has 2 aliphatic heterocycles. The van der Waals surface area contributed by atoms with Crippen LogP contribution in [0.25, 0.3) is 0 Å². The molecule has 1 fully saturated rings. The highest BCUT2D eigenvalue weighted by Gasteiger charge is 2.46. The summed E-state index contributed by atoms with van der Waals surface area (Å²) in [6, 6.07) is 8.93. The third-order valence-corrected chi connectivity index (χ3v) is 6.85. The van der Waals surface area contributed by atoms with Crippen molar-refractivity contribution in [1.82, 2.24) is 20.4 Å². The van der Waals surface area contributed by atoms with Crippen LogP contribution in [0.1, 0.15) is 60.4 Å². The van der Waals surface area contributed by atoms with Crippen molar-refractivity contribution in [2.45, 2.75) is 57.7 Å². The number of nitrogens with one attached hydrogen (secondary N) is 2. The third-order valence-electron chi connectivity index (χ3n) is 6.85. The van der Waals surface area contributed by atoms with Gasteiger partial charge in [-0.15, -0.1) is 0 Å². The van der Waals surface area contributed by atoms with Crippen molar-refractivity contribution in [3.8, 4) is 0 Å². The average molecular weight is 426 g/mol. The molecule has 2 N–H and O–H groups in total. The number of hydrogen-bond acceptors (Lipinski definition) is 5. The molecule has 7 nitrogen and oxygen atoms in total. The highest BCUT2D eigenvalue weighted by Crippen LogP contribution is 2.40. The summed E-state index contributed by atoms with van der Waals surface area (Å²) < 4.78 is 6.01. The highest BCUT2D eigenvalue weighted by atomic mass is 16.5. The monoisotopic (exact) mass is 425 g/mol. The predicted octanol–water partition coefficient (Wildman–Crippen LogP) is 3.07. The first-order chi connectivity index (χ1) is 15.0. The molecule has 7 heteroatoms. The van der Waals surface area contributed by atoms with E-state index in [1.54, 1.807) is 0 Å². The van der Waals surface area contributed by atoms with Gasteiger partial charge in [-0.25, -0.2) is 0 Å². The van der Waals surface area contributed by atoms with E-state index in [-0.39, 0.29) is 17.4 Å².